The van der Waals surface area contributed by atoms with Crippen LogP contribution in [0.3, 0.4) is 0 Å². The van der Waals surface area contributed by atoms with E-state index in [4.69, 9.17) is 11.6 Å². The van der Waals surface area contributed by atoms with Gasteiger partial charge in [0.2, 0.25) is 5.78 Å². The first kappa shape index (κ1) is 19.1. The average molecular weight is 409 g/mol. The third-order valence-electron chi connectivity index (χ3n) is 4.14. The molecular formula is C17H17ClN4O4S. The van der Waals surface area contributed by atoms with Crippen molar-refractivity contribution in [2.45, 2.75) is 25.3 Å². The largest absolute Gasteiger partial charge is 0.299 e. The highest BCUT2D eigenvalue weighted by molar-refractivity contribution is 7.90. The van der Waals surface area contributed by atoms with Crippen LogP contribution in [0.25, 0.3) is 5.69 Å². The van der Waals surface area contributed by atoms with Crippen molar-refractivity contribution < 1.29 is 13.2 Å². The average Bonchev–Trinajstić information content (AvgIpc) is 3.21. The van der Waals surface area contributed by atoms with E-state index in [9.17, 15) is 18.0 Å². The summed E-state index contributed by atoms with van der Waals surface area (Å²) in [7, 11) is -3.63. The second-order valence-corrected chi connectivity index (χ2v) is 8.35. The van der Waals surface area contributed by atoms with E-state index in [-0.39, 0.29) is 26.7 Å². The second-order valence-electron chi connectivity index (χ2n) is 5.99. The Hall–Kier alpha value is -2.65. The number of hydrogen-bond donors (Lipinski definition) is 1. The minimum absolute atomic E-state index is 0.0250. The first-order chi connectivity index (χ1) is 12.7. The molecule has 0 radical (unpaired) electrons. The Bertz CT molecular complexity index is 1190. The van der Waals surface area contributed by atoms with Crippen LogP contribution < -0.4 is 5.56 Å². The van der Waals surface area contributed by atoms with Crippen molar-refractivity contribution in [3.63, 3.8) is 0 Å². The number of aryl methyl sites for hydroxylation is 2. The molecule has 0 bridgehead atoms. The summed E-state index contributed by atoms with van der Waals surface area (Å²) in [5, 5.41) is 6.78. The number of nitrogens with zero attached hydrogens (tertiary/aromatic N) is 3. The monoisotopic (exact) mass is 408 g/mol. The normalized spacial score (nSPS) is 11.7. The van der Waals surface area contributed by atoms with Crippen molar-refractivity contribution in [1.29, 1.82) is 0 Å². The summed E-state index contributed by atoms with van der Waals surface area (Å²) in [5.41, 5.74) is 0.0213. The second kappa shape index (κ2) is 6.82. The molecule has 0 aliphatic rings. The third kappa shape index (κ3) is 3.24. The van der Waals surface area contributed by atoms with Gasteiger partial charge in [-0.2, -0.15) is 5.10 Å². The number of hydrogen-bond acceptors (Lipinski definition) is 5. The van der Waals surface area contributed by atoms with E-state index in [1.165, 1.54) is 33.9 Å². The van der Waals surface area contributed by atoms with Gasteiger partial charge in [-0.25, -0.2) is 13.1 Å². The zero-order valence-corrected chi connectivity index (χ0v) is 16.4. The van der Waals surface area contributed by atoms with Crippen molar-refractivity contribution in [2.75, 3.05) is 6.26 Å². The lowest BCUT2D eigenvalue weighted by molar-refractivity contribution is 0.103. The van der Waals surface area contributed by atoms with Crippen LogP contribution >= 0.6 is 11.6 Å². The van der Waals surface area contributed by atoms with Gasteiger partial charge >= 0.3 is 0 Å². The van der Waals surface area contributed by atoms with Crippen LogP contribution in [0.15, 0.2) is 40.3 Å². The Morgan fingerprint density at radius 1 is 1.33 bits per heavy atom. The SMILES string of the molecule is CCn1[nH]c(C)c(C(=O)c2ccc(S(C)(=O)=O)c(-n3cccn3)c2Cl)c1=O. The third-order valence-corrected chi connectivity index (χ3v) is 5.65. The predicted octanol–water partition coefficient (Wildman–Crippen LogP) is 1.98. The van der Waals surface area contributed by atoms with Gasteiger partial charge in [-0.05, 0) is 32.0 Å². The summed E-state index contributed by atoms with van der Waals surface area (Å²) in [6.45, 7) is 3.77. The molecule has 10 heteroatoms. The minimum Gasteiger partial charge on any atom is -0.299 e. The predicted molar refractivity (Wildman–Crippen MR) is 101 cm³/mol. The number of rotatable bonds is 5. The summed E-state index contributed by atoms with van der Waals surface area (Å²) < 4.78 is 26.9. The van der Waals surface area contributed by atoms with Gasteiger partial charge < -0.3 is 0 Å². The summed E-state index contributed by atoms with van der Waals surface area (Å²) in [4.78, 5) is 25.4. The van der Waals surface area contributed by atoms with E-state index in [1.807, 2.05) is 0 Å². The van der Waals surface area contributed by atoms with Crippen molar-refractivity contribution in [3.05, 3.63) is 62.8 Å². The molecule has 0 aliphatic carbocycles. The number of carbonyl (C=O) groups excluding carboxylic acids is 1. The van der Waals surface area contributed by atoms with Gasteiger partial charge in [0.1, 0.15) is 11.3 Å². The van der Waals surface area contributed by atoms with Crippen LogP contribution in [0.2, 0.25) is 5.02 Å². The number of carbonyl (C=O) groups is 1. The van der Waals surface area contributed by atoms with E-state index in [0.717, 1.165) is 6.26 Å². The van der Waals surface area contributed by atoms with E-state index in [2.05, 4.69) is 10.2 Å². The van der Waals surface area contributed by atoms with Crippen LogP contribution in [0, 0.1) is 6.92 Å². The summed E-state index contributed by atoms with van der Waals surface area (Å²) in [6, 6.07) is 4.22. The Labute approximate surface area is 160 Å². The van der Waals surface area contributed by atoms with Gasteiger partial charge in [0.25, 0.3) is 5.56 Å². The van der Waals surface area contributed by atoms with Crippen LogP contribution in [-0.2, 0) is 16.4 Å². The van der Waals surface area contributed by atoms with E-state index >= 15 is 0 Å². The van der Waals surface area contributed by atoms with Gasteiger partial charge in [0.15, 0.2) is 9.84 Å². The fourth-order valence-electron chi connectivity index (χ4n) is 2.87. The topological polar surface area (TPSA) is 107 Å². The molecule has 0 aliphatic heterocycles. The molecule has 1 aromatic carbocycles. The number of aromatic amines is 1. The van der Waals surface area contributed by atoms with Crippen molar-refractivity contribution in [1.82, 2.24) is 19.6 Å². The first-order valence-corrected chi connectivity index (χ1v) is 10.3. The van der Waals surface area contributed by atoms with E-state index in [1.54, 1.807) is 19.9 Å². The highest BCUT2D eigenvalue weighted by Gasteiger charge is 2.27. The molecule has 0 atom stereocenters. The molecule has 0 saturated carbocycles. The molecule has 27 heavy (non-hydrogen) atoms. The zero-order valence-electron chi connectivity index (χ0n) is 14.9. The van der Waals surface area contributed by atoms with E-state index < -0.39 is 21.2 Å². The van der Waals surface area contributed by atoms with Crippen LogP contribution in [0.4, 0.5) is 0 Å². The molecule has 0 unspecified atom stereocenters. The smallest absolute Gasteiger partial charge is 0.278 e. The number of nitrogens with one attached hydrogen (secondary N) is 1. The molecule has 0 fully saturated rings. The maximum Gasteiger partial charge on any atom is 0.278 e. The highest BCUT2D eigenvalue weighted by Crippen LogP contribution is 2.32. The summed E-state index contributed by atoms with van der Waals surface area (Å²) >= 11 is 6.44. The molecule has 8 nitrogen and oxygen atoms in total. The number of halogens is 1. The molecule has 3 rings (SSSR count). The molecular weight excluding hydrogens is 392 g/mol. The number of ketones is 1. The van der Waals surface area contributed by atoms with Gasteiger partial charge in [-0.1, -0.05) is 11.6 Å². The lowest BCUT2D eigenvalue weighted by Crippen LogP contribution is -2.22. The fourth-order valence-corrected chi connectivity index (χ4v) is 4.12. The Balaban J connectivity index is 2.28. The number of H-pyrrole nitrogens is 1. The number of aromatic nitrogens is 4. The lowest BCUT2D eigenvalue weighted by Gasteiger charge is -2.13. The summed E-state index contributed by atoms with van der Waals surface area (Å²) in [6.07, 6.45) is 4.03. The molecule has 2 aromatic heterocycles. The Morgan fingerprint density at radius 2 is 2.04 bits per heavy atom. The van der Waals surface area contributed by atoms with Crippen LogP contribution in [0.5, 0.6) is 0 Å². The minimum atomic E-state index is -3.63. The lowest BCUT2D eigenvalue weighted by atomic mass is 10.0. The number of benzene rings is 1. The van der Waals surface area contributed by atoms with Gasteiger partial charge in [0.05, 0.1) is 9.92 Å². The molecule has 0 amide bonds. The number of sulfone groups is 1. The fraction of sp³-hybridized carbons (Fsp3) is 0.235. The van der Waals surface area contributed by atoms with Crippen molar-refractivity contribution in [3.8, 4) is 5.69 Å². The molecule has 0 spiro atoms. The van der Waals surface area contributed by atoms with Gasteiger partial charge in [0, 0.05) is 36.5 Å². The molecule has 0 saturated heterocycles. The quantitative estimate of drug-likeness (QED) is 0.649. The molecule has 2 heterocycles. The molecule has 1 N–H and O–H groups in total. The van der Waals surface area contributed by atoms with E-state index in [0.29, 0.717) is 12.2 Å². The standard InChI is InChI=1S/C17H17ClN4O4S/c1-4-21-17(24)13(10(2)20-21)16(23)11-6-7-12(27(3,25)26)15(14(11)18)22-9-5-8-19-22/h5-9,20H,4H2,1-3H3. The maximum atomic E-state index is 13.0. The highest BCUT2D eigenvalue weighted by atomic mass is 35.5. The zero-order chi connectivity index (χ0) is 19.9. The first-order valence-electron chi connectivity index (χ1n) is 8.03. The molecule has 3 aromatic rings. The maximum absolute atomic E-state index is 13.0. The van der Waals surface area contributed by atoms with Crippen LogP contribution in [0.1, 0.15) is 28.5 Å². The van der Waals surface area contributed by atoms with Gasteiger partial charge in [-0.3, -0.25) is 19.4 Å². The summed E-state index contributed by atoms with van der Waals surface area (Å²) in [5.74, 6) is -0.584. The van der Waals surface area contributed by atoms with Crippen molar-refractivity contribution >= 4 is 27.2 Å². The van der Waals surface area contributed by atoms with Gasteiger partial charge in [-0.15, -0.1) is 0 Å². The van der Waals surface area contributed by atoms with Crippen molar-refractivity contribution in [2.24, 2.45) is 0 Å². The Morgan fingerprint density at radius 3 is 2.56 bits per heavy atom. The van der Waals surface area contributed by atoms with Crippen LogP contribution in [-0.4, -0.2) is 40.0 Å². The molecule has 142 valence electrons. The Kier molecular flexibility index (Phi) is 4.83.